The summed E-state index contributed by atoms with van der Waals surface area (Å²) in [5.41, 5.74) is 7.24. The van der Waals surface area contributed by atoms with Crippen LogP contribution in [-0.2, 0) is 11.3 Å². The first-order chi connectivity index (χ1) is 11.3. The van der Waals surface area contributed by atoms with Gasteiger partial charge in [0.2, 0.25) is 0 Å². The molecule has 23 heavy (non-hydrogen) atoms. The smallest absolute Gasteiger partial charge is 0.127 e. The summed E-state index contributed by atoms with van der Waals surface area (Å²) in [6, 6.07) is 5.51. The van der Waals surface area contributed by atoms with Crippen molar-refractivity contribution in [1.82, 2.24) is 14.8 Å². The fraction of sp³-hybridized carbons (Fsp3) is 0.722. The van der Waals surface area contributed by atoms with E-state index in [2.05, 4.69) is 20.9 Å². The van der Waals surface area contributed by atoms with Crippen molar-refractivity contribution >= 4 is 5.82 Å². The number of nitrogens with two attached hydrogens (primary N) is 1. The van der Waals surface area contributed by atoms with E-state index in [9.17, 15) is 0 Å². The summed E-state index contributed by atoms with van der Waals surface area (Å²) in [7, 11) is 0. The second kappa shape index (κ2) is 6.75. The first kappa shape index (κ1) is 15.4. The Morgan fingerprint density at radius 3 is 2.78 bits per heavy atom. The molecule has 0 aromatic carbocycles. The van der Waals surface area contributed by atoms with Crippen LogP contribution in [0, 0.1) is 5.92 Å². The van der Waals surface area contributed by atoms with Gasteiger partial charge in [0.05, 0.1) is 0 Å². The van der Waals surface area contributed by atoms with Gasteiger partial charge in [0.1, 0.15) is 5.82 Å². The molecule has 5 rings (SSSR count). The van der Waals surface area contributed by atoms with Crippen LogP contribution in [0.3, 0.4) is 0 Å². The number of piperidine rings is 1. The van der Waals surface area contributed by atoms with Crippen molar-refractivity contribution in [2.24, 2.45) is 5.92 Å². The topological polar surface area (TPSA) is 54.6 Å². The highest BCUT2D eigenvalue weighted by Crippen LogP contribution is 2.32. The Balaban J connectivity index is 1.46. The SMILES string of the molecule is Nc1ncccc1CN1C[C@H]2CC[C@@H]1CN(C1CCOCC1)C2. The van der Waals surface area contributed by atoms with Gasteiger partial charge in [-0.2, -0.15) is 0 Å². The van der Waals surface area contributed by atoms with Gasteiger partial charge in [-0.3, -0.25) is 9.80 Å². The summed E-state index contributed by atoms with van der Waals surface area (Å²) in [6.45, 7) is 6.50. The second-order valence-electron chi connectivity index (χ2n) is 7.37. The summed E-state index contributed by atoms with van der Waals surface area (Å²) in [4.78, 5) is 9.66. The van der Waals surface area contributed by atoms with Crippen LogP contribution in [-0.4, -0.2) is 59.7 Å². The molecule has 4 aliphatic rings. The zero-order valence-electron chi connectivity index (χ0n) is 13.9. The second-order valence-corrected chi connectivity index (χ2v) is 7.37. The Kier molecular flexibility index (Phi) is 4.51. The molecule has 4 saturated heterocycles. The molecule has 0 aliphatic carbocycles. The van der Waals surface area contributed by atoms with Crippen molar-refractivity contribution in [3.63, 3.8) is 0 Å². The zero-order valence-corrected chi connectivity index (χ0v) is 13.9. The number of ether oxygens (including phenoxy) is 1. The van der Waals surface area contributed by atoms with Crippen LogP contribution in [0.1, 0.15) is 31.2 Å². The van der Waals surface area contributed by atoms with Crippen LogP contribution in [0.25, 0.3) is 0 Å². The van der Waals surface area contributed by atoms with Gasteiger partial charge in [-0.05, 0) is 37.7 Å². The normalized spacial score (nSPS) is 30.4. The number of anilines is 1. The molecular formula is C18H28N4O. The third-order valence-electron chi connectivity index (χ3n) is 5.86. The number of nitrogens with zero attached hydrogens (tertiary/aromatic N) is 3. The Morgan fingerprint density at radius 2 is 1.96 bits per heavy atom. The minimum Gasteiger partial charge on any atom is -0.383 e. The molecular weight excluding hydrogens is 288 g/mol. The number of pyridine rings is 1. The fourth-order valence-corrected chi connectivity index (χ4v) is 4.56. The molecule has 126 valence electrons. The molecule has 5 heterocycles. The van der Waals surface area contributed by atoms with Crippen LogP contribution in [0.15, 0.2) is 18.3 Å². The first-order valence-electron chi connectivity index (χ1n) is 9.05. The fourth-order valence-electron chi connectivity index (χ4n) is 4.56. The predicted molar refractivity (Wildman–Crippen MR) is 91.0 cm³/mol. The summed E-state index contributed by atoms with van der Waals surface area (Å²) >= 11 is 0. The average molecular weight is 316 g/mol. The van der Waals surface area contributed by atoms with E-state index in [1.54, 1.807) is 6.20 Å². The highest BCUT2D eigenvalue weighted by molar-refractivity contribution is 5.38. The van der Waals surface area contributed by atoms with E-state index in [-0.39, 0.29) is 0 Å². The Hall–Kier alpha value is -1.17. The molecule has 1 aromatic rings. The van der Waals surface area contributed by atoms with E-state index in [0.29, 0.717) is 11.9 Å². The third-order valence-corrected chi connectivity index (χ3v) is 5.86. The number of hydrogen-bond donors (Lipinski definition) is 1. The highest BCUT2D eigenvalue weighted by Gasteiger charge is 2.37. The van der Waals surface area contributed by atoms with Gasteiger partial charge in [0.15, 0.2) is 0 Å². The molecule has 2 bridgehead atoms. The predicted octanol–water partition coefficient (Wildman–Crippen LogP) is 1.74. The lowest BCUT2D eigenvalue weighted by Crippen LogP contribution is -2.45. The van der Waals surface area contributed by atoms with Crippen molar-refractivity contribution < 1.29 is 4.74 Å². The van der Waals surface area contributed by atoms with E-state index in [1.165, 1.54) is 50.9 Å². The maximum Gasteiger partial charge on any atom is 0.127 e. The summed E-state index contributed by atoms with van der Waals surface area (Å²) < 4.78 is 5.55. The number of fused-ring (bicyclic) bond motifs is 4. The van der Waals surface area contributed by atoms with Gasteiger partial charge < -0.3 is 10.5 Å². The lowest BCUT2D eigenvalue weighted by molar-refractivity contribution is 0.0307. The monoisotopic (exact) mass is 316 g/mol. The Bertz CT molecular complexity index is 532. The quantitative estimate of drug-likeness (QED) is 0.920. The van der Waals surface area contributed by atoms with Crippen molar-refractivity contribution in [3.8, 4) is 0 Å². The van der Waals surface area contributed by atoms with Crippen LogP contribution in [0.2, 0.25) is 0 Å². The molecule has 5 heteroatoms. The standard InChI is InChI=1S/C18H28N4O/c19-18-15(2-1-7-20-18)12-21-10-14-3-4-17(21)13-22(11-14)16-5-8-23-9-6-16/h1-2,7,14,16-17H,3-6,8-13H2,(H2,19,20)/t14-,17-/m1/s1. The van der Waals surface area contributed by atoms with E-state index in [0.717, 1.165) is 31.7 Å². The molecule has 0 radical (unpaired) electrons. The first-order valence-corrected chi connectivity index (χ1v) is 9.05. The van der Waals surface area contributed by atoms with Crippen molar-refractivity contribution in [2.45, 2.75) is 44.3 Å². The van der Waals surface area contributed by atoms with Crippen LogP contribution >= 0.6 is 0 Å². The maximum atomic E-state index is 6.06. The number of aromatic nitrogens is 1. The number of nitrogen functional groups attached to an aromatic ring is 1. The Morgan fingerprint density at radius 1 is 1.09 bits per heavy atom. The van der Waals surface area contributed by atoms with Crippen molar-refractivity contribution in [1.29, 1.82) is 0 Å². The lowest BCUT2D eigenvalue weighted by Gasteiger charge is -2.37. The summed E-state index contributed by atoms with van der Waals surface area (Å²) in [5, 5.41) is 0. The molecule has 1 aromatic heterocycles. The molecule has 0 amide bonds. The van der Waals surface area contributed by atoms with Gasteiger partial charge in [0.25, 0.3) is 0 Å². The van der Waals surface area contributed by atoms with Gasteiger partial charge in [-0.25, -0.2) is 4.98 Å². The molecule has 2 N–H and O–H groups in total. The van der Waals surface area contributed by atoms with E-state index in [1.807, 2.05) is 6.07 Å². The van der Waals surface area contributed by atoms with Crippen LogP contribution < -0.4 is 5.73 Å². The van der Waals surface area contributed by atoms with Gasteiger partial charge >= 0.3 is 0 Å². The van der Waals surface area contributed by atoms with Crippen LogP contribution in [0.4, 0.5) is 5.82 Å². The molecule has 0 saturated carbocycles. The van der Waals surface area contributed by atoms with Crippen molar-refractivity contribution in [3.05, 3.63) is 23.9 Å². The molecule has 2 atom stereocenters. The van der Waals surface area contributed by atoms with Gasteiger partial charge in [0, 0.05) is 63.2 Å². The molecule has 0 spiro atoms. The van der Waals surface area contributed by atoms with Gasteiger partial charge in [-0.1, -0.05) is 6.07 Å². The van der Waals surface area contributed by atoms with E-state index < -0.39 is 0 Å². The van der Waals surface area contributed by atoms with E-state index >= 15 is 0 Å². The molecule has 5 nitrogen and oxygen atoms in total. The van der Waals surface area contributed by atoms with E-state index in [4.69, 9.17) is 10.5 Å². The molecule has 4 aliphatic heterocycles. The third kappa shape index (κ3) is 3.37. The number of hydrogen-bond acceptors (Lipinski definition) is 5. The molecule has 4 fully saturated rings. The zero-order chi connectivity index (χ0) is 15.6. The highest BCUT2D eigenvalue weighted by atomic mass is 16.5. The average Bonchev–Trinajstić information content (AvgIpc) is 2.90. The minimum absolute atomic E-state index is 0.663. The Labute approximate surface area is 138 Å². The molecule has 0 unspecified atom stereocenters. The summed E-state index contributed by atoms with van der Waals surface area (Å²) in [5.74, 6) is 1.49. The number of rotatable bonds is 3. The largest absolute Gasteiger partial charge is 0.383 e. The minimum atomic E-state index is 0.663. The van der Waals surface area contributed by atoms with Crippen molar-refractivity contribution in [2.75, 3.05) is 38.6 Å². The van der Waals surface area contributed by atoms with Gasteiger partial charge in [-0.15, -0.1) is 0 Å². The lowest BCUT2D eigenvalue weighted by atomic mass is 9.94. The maximum absolute atomic E-state index is 6.06. The summed E-state index contributed by atoms with van der Waals surface area (Å²) in [6.07, 6.45) is 6.89. The van der Waals surface area contributed by atoms with Crippen LogP contribution in [0.5, 0.6) is 0 Å².